The molecule has 0 N–H and O–H groups in total. The third kappa shape index (κ3) is 2.96. The molecule has 0 aromatic heterocycles. The molecule has 3 rings (SSSR count). The van der Waals surface area contributed by atoms with Gasteiger partial charge in [-0.25, -0.2) is 0 Å². The van der Waals surface area contributed by atoms with Crippen LogP contribution in [0.15, 0.2) is 71.4 Å². The number of ether oxygens (including phenoxy) is 1. The van der Waals surface area contributed by atoms with Crippen LogP contribution in [0.5, 0.6) is 5.75 Å². The summed E-state index contributed by atoms with van der Waals surface area (Å²) < 4.78 is 5.11. The first-order valence-electron chi connectivity index (χ1n) is 7.52. The highest BCUT2D eigenvalue weighted by molar-refractivity contribution is 6.54. The minimum Gasteiger partial charge on any atom is -0.497 e. The van der Waals surface area contributed by atoms with Gasteiger partial charge in [-0.15, -0.1) is 11.7 Å². The van der Waals surface area contributed by atoms with Gasteiger partial charge in [-0.3, -0.25) is 4.79 Å². The van der Waals surface area contributed by atoms with Crippen LogP contribution in [0.3, 0.4) is 0 Å². The Labute approximate surface area is 140 Å². The van der Waals surface area contributed by atoms with Gasteiger partial charge in [0.1, 0.15) is 5.75 Å². The molecule has 0 saturated heterocycles. The number of nitrogens with zero attached hydrogens (tertiary/aromatic N) is 3. The summed E-state index contributed by atoms with van der Waals surface area (Å²) in [7, 11) is 1.62. The van der Waals surface area contributed by atoms with Crippen molar-refractivity contribution >= 4 is 23.5 Å². The van der Waals surface area contributed by atoms with Crippen LogP contribution in [0, 0.1) is 0 Å². The second-order valence-electron chi connectivity index (χ2n) is 5.19. The Kier molecular flexibility index (Phi) is 4.52. The Morgan fingerprint density at radius 1 is 1.17 bits per heavy atom. The number of carbonyl (C=O) groups excluding carboxylic acids is 1. The summed E-state index contributed by atoms with van der Waals surface area (Å²) in [6, 6.07) is 15.0. The SMILES string of the molecule is C=CCN1C(=O)/C(=N\N=C/c2ccc(OC)cc2)c2ccccc21. The molecule has 0 spiro atoms. The maximum absolute atomic E-state index is 12.5. The number of benzene rings is 2. The van der Waals surface area contributed by atoms with Crippen molar-refractivity contribution in [3.8, 4) is 5.75 Å². The molecule has 0 bridgehead atoms. The van der Waals surface area contributed by atoms with Crippen LogP contribution in [0.25, 0.3) is 0 Å². The zero-order chi connectivity index (χ0) is 16.9. The lowest BCUT2D eigenvalue weighted by Gasteiger charge is -2.13. The van der Waals surface area contributed by atoms with E-state index in [0.29, 0.717) is 12.3 Å². The van der Waals surface area contributed by atoms with Gasteiger partial charge in [0.2, 0.25) is 0 Å². The fourth-order valence-electron chi connectivity index (χ4n) is 2.51. The van der Waals surface area contributed by atoms with E-state index in [9.17, 15) is 4.79 Å². The van der Waals surface area contributed by atoms with Crippen LogP contribution in [0.2, 0.25) is 0 Å². The van der Waals surface area contributed by atoms with Crippen molar-refractivity contribution in [1.29, 1.82) is 0 Å². The summed E-state index contributed by atoms with van der Waals surface area (Å²) in [6.07, 6.45) is 3.30. The van der Waals surface area contributed by atoms with Crippen molar-refractivity contribution < 1.29 is 9.53 Å². The Morgan fingerprint density at radius 3 is 2.62 bits per heavy atom. The third-order valence-electron chi connectivity index (χ3n) is 3.69. The maximum atomic E-state index is 12.5. The van der Waals surface area contributed by atoms with E-state index in [1.165, 1.54) is 0 Å². The summed E-state index contributed by atoms with van der Waals surface area (Å²) >= 11 is 0. The van der Waals surface area contributed by atoms with Crippen LogP contribution < -0.4 is 9.64 Å². The molecule has 0 aliphatic carbocycles. The third-order valence-corrected chi connectivity index (χ3v) is 3.69. The van der Waals surface area contributed by atoms with E-state index in [-0.39, 0.29) is 5.91 Å². The molecule has 0 atom stereocenters. The zero-order valence-electron chi connectivity index (χ0n) is 13.3. The fraction of sp³-hybridized carbons (Fsp3) is 0.105. The maximum Gasteiger partial charge on any atom is 0.279 e. The Bertz CT molecular complexity index is 823. The predicted octanol–water partition coefficient (Wildman–Crippen LogP) is 3.05. The van der Waals surface area contributed by atoms with Crippen molar-refractivity contribution in [3.63, 3.8) is 0 Å². The Balaban J connectivity index is 1.87. The topological polar surface area (TPSA) is 54.3 Å². The summed E-state index contributed by atoms with van der Waals surface area (Å²) in [6.45, 7) is 4.14. The lowest BCUT2D eigenvalue weighted by atomic mass is 10.1. The highest BCUT2D eigenvalue weighted by Gasteiger charge is 2.32. The molecule has 2 aromatic rings. The lowest BCUT2D eigenvalue weighted by Crippen LogP contribution is -2.30. The smallest absolute Gasteiger partial charge is 0.279 e. The van der Waals surface area contributed by atoms with Crippen LogP contribution in [0.4, 0.5) is 5.69 Å². The summed E-state index contributed by atoms with van der Waals surface area (Å²) in [5.74, 6) is 0.612. The molecule has 5 heteroatoms. The Hall–Kier alpha value is -3.21. The van der Waals surface area contributed by atoms with E-state index in [0.717, 1.165) is 22.6 Å². The molecule has 1 amide bonds. The molecule has 24 heavy (non-hydrogen) atoms. The monoisotopic (exact) mass is 319 g/mol. The number of anilines is 1. The van der Waals surface area contributed by atoms with Crippen molar-refractivity contribution in [1.82, 2.24) is 0 Å². The number of rotatable bonds is 5. The molecule has 2 aromatic carbocycles. The van der Waals surface area contributed by atoms with Gasteiger partial charge in [0, 0.05) is 12.1 Å². The fourth-order valence-corrected chi connectivity index (χ4v) is 2.51. The molecule has 0 saturated carbocycles. The first-order valence-corrected chi connectivity index (χ1v) is 7.52. The number of amides is 1. The number of hydrogen-bond acceptors (Lipinski definition) is 4. The van der Waals surface area contributed by atoms with Gasteiger partial charge < -0.3 is 9.64 Å². The summed E-state index contributed by atoms with van der Waals surface area (Å²) in [5, 5.41) is 8.22. The number of fused-ring (bicyclic) bond motifs is 1. The zero-order valence-corrected chi connectivity index (χ0v) is 13.3. The van der Waals surface area contributed by atoms with Crippen molar-refractivity contribution in [2.24, 2.45) is 10.2 Å². The van der Waals surface area contributed by atoms with Gasteiger partial charge in [0.25, 0.3) is 5.91 Å². The van der Waals surface area contributed by atoms with Gasteiger partial charge in [-0.05, 0) is 35.9 Å². The average Bonchev–Trinajstić information content (AvgIpc) is 2.88. The quantitative estimate of drug-likeness (QED) is 0.483. The van der Waals surface area contributed by atoms with Crippen molar-refractivity contribution in [2.75, 3.05) is 18.6 Å². The molecule has 5 nitrogen and oxygen atoms in total. The highest BCUT2D eigenvalue weighted by atomic mass is 16.5. The largest absolute Gasteiger partial charge is 0.497 e. The normalized spacial score (nSPS) is 15.1. The second-order valence-corrected chi connectivity index (χ2v) is 5.19. The van der Waals surface area contributed by atoms with E-state index in [4.69, 9.17) is 4.74 Å². The van der Waals surface area contributed by atoms with E-state index in [1.54, 1.807) is 24.3 Å². The number of methoxy groups -OCH3 is 1. The Morgan fingerprint density at radius 2 is 1.92 bits per heavy atom. The van der Waals surface area contributed by atoms with Crippen molar-refractivity contribution in [3.05, 3.63) is 72.3 Å². The molecule has 0 unspecified atom stereocenters. The second kappa shape index (κ2) is 6.91. The molecule has 0 radical (unpaired) electrons. The first kappa shape index (κ1) is 15.7. The molecular weight excluding hydrogens is 302 g/mol. The van der Waals surface area contributed by atoms with Gasteiger partial charge in [-0.1, -0.05) is 24.3 Å². The molecule has 0 fully saturated rings. The van der Waals surface area contributed by atoms with E-state index in [1.807, 2.05) is 48.5 Å². The number of para-hydroxylation sites is 1. The standard InChI is InChI=1S/C19H17N3O2/c1-3-12-22-17-7-5-4-6-16(17)18(19(22)23)21-20-13-14-8-10-15(24-2)11-9-14/h3-11,13H,1,12H2,2H3/b20-13-,21-18-. The van der Waals surface area contributed by atoms with Gasteiger partial charge in [-0.2, -0.15) is 5.10 Å². The molecule has 1 aliphatic heterocycles. The first-order chi connectivity index (χ1) is 11.7. The minimum absolute atomic E-state index is 0.164. The van der Waals surface area contributed by atoms with Crippen molar-refractivity contribution in [2.45, 2.75) is 0 Å². The molecule has 1 aliphatic rings. The van der Waals surface area contributed by atoms with Crippen LogP contribution >= 0.6 is 0 Å². The van der Waals surface area contributed by atoms with Crippen LogP contribution in [-0.4, -0.2) is 31.5 Å². The lowest BCUT2D eigenvalue weighted by molar-refractivity contribution is -0.112. The van der Waals surface area contributed by atoms with Gasteiger partial charge >= 0.3 is 0 Å². The summed E-state index contributed by atoms with van der Waals surface area (Å²) in [4.78, 5) is 14.2. The number of hydrogen-bond donors (Lipinski definition) is 0. The van der Waals surface area contributed by atoms with E-state index >= 15 is 0 Å². The van der Waals surface area contributed by atoms with E-state index < -0.39 is 0 Å². The molecule has 1 heterocycles. The average molecular weight is 319 g/mol. The van der Waals surface area contributed by atoms with Crippen LogP contribution in [0.1, 0.15) is 11.1 Å². The highest BCUT2D eigenvalue weighted by Crippen LogP contribution is 2.28. The molecule has 120 valence electrons. The van der Waals surface area contributed by atoms with Gasteiger partial charge in [0.05, 0.1) is 19.0 Å². The van der Waals surface area contributed by atoms with Gasteiger partial charge in [0.15, 0.2) is 5.71 Å². The number of carbonyl (C=O) groups is 1. The van der Waals surface area contributed by atoms with E-state index in [2.05, 4.69) is 16.8 Å². The predicted molar refractivity (Wildman–Crippen MR) is 96.1 cm³/mol. The minimum atomic E-state index is -0.164. The van der Waals surface area contributed by atoms with Crippen LogP contribution in [-0.2, 0) is 4.79 Å². The summed E-state index contributed by atoms with van der Waals surface area (Å²) in [5.41, 5.74) is 2.84. The molecular formula is C19H17N3O2.